The summed E-state index contributed by atoms with van der Waals surface area (Å²) >= 11 is 0. The third kappa shape index (κ3) is 5.56. The van der Waals surface area contributed by atoms with Crippen LogP contribution in [0, 0.1) is 0 Å². The first-order chi connectivity index (χ1) is 30.0. The molecule has 0 spiro atoms. The fourth-order valence-electron chi connectivity index (χ4n) is 10.1. The van der Waals surface area contributed by atoms with Gasteiger partial charge in [0.25, 0.3) is 0 Å². The van der Waals surface area contributed by atoms with Gasteiger partial charge >= 0.3 is 0 Å². The number of para-hydroxylation sites is 2. The van der Waals surface area contributed by atoms with Gasteiger partial charge in [0.15, 0.2) is 0 Å². The summed E-state index contributed by atoms with van der Waals surface area (Å²) in [6.07, 6.45) is 0. The molecule has 0 N–H and O–H groups in total. The summed E-state index contributed by atoms with van der Waals surface area (Å²) in [5.41, 5.74) is 17.3. The highest BCUT2D eigenvalue weighted by atomic mass is 16.3. The van der Waals surface area contributed by atoms with E-state index in [4.69, 9.17) is 4.42 Å². The first kappa shape index (κ1) is 35.3. The van der Waals surface area contributed by atoms with Gasteiger partial charge in [-0.05, 0) is 103 Å². The van der Waals surface area contributed by atoms with Gasteiger partial charge < -0.3 is 9.32 Å². The van der Waals surface area contributed by atoms with E-state index in [1.807, 2.05) is 0 Å². The average molecular weight is 780 g/mol. The van der Waals surface area contributed by atoms with E-state index in [0.717, 1.165) is 61.1 Å². The minimum Gasteiger partial charge on any atom is -0.455 e. The predicted molar refractivity (Wildman–Crippen MR) is 257 cm³/mol. The molecule has 0 radical (unpaired) electrons. The maximum absolute atomic E-state index is 6.93. The number of anilines is 3. The molecule has 0 saturated carbocycles. The van der Waals surface area contributed by atoms with Crippen molar-refractivity contribution in [2.24, 2.45) is 0 Å². The molecule has 61 heavy (non-hydrogen) atoms. The first-order valence-electron chi connectivity index (χ1n) is 21.2. The topological polar surface area (TPSA) is 16.4 Å². The van der Waals surface area contributed by atoms with Crippen LogP contribution in [0.1, 0.15) is 25.0 Å². The van der Waals surface area contributed by atoms with Gasteiger partial charge in [-0.25, -0.2) is 0 Å². The van der Waals surface area contributed by atoms with Crippen LogP contribution in [0.15, 0.2) is 217 Å². The molecule has 1 aliphatic carbocycles. The van der Waals surface area contributed by atoms with Crippen molar-refractivity contribution in [3.05, 3.63) is 223 Å². The zero-order chi connectivity index (χ0) is 40.7. The van der Waals surface area contributed by atoms with Gasteiger partial charge in [-0.3, -0.25) is 0 Å². The summed E-state index contributed by atoms with van der Waals surface area (Å²) in [6.45, 7) is 4.73. The van der Waals surface area contributed by atoms with Crippen molar-refractivity contribution >= 4 is 60.5 Å². The minimum absolute atomic E-state index is 0.112. The van der Waals surface area contributed by atoms with Crippen molar-refractivity contribution in [2.75, 3.05) is 4.90 Å². The van der Waals surface area contributed by atoms with Crippen LogP contribution in [-0.4, -0.2) is 0 Å². The molecule has 1 aromatic heterocycles. The number of hydrogen-bond acceptors (Lipinski definition) is 2. The smallest absolute Gasteiger partial charge is 0.143 e. The second kappa shape index (κ2) is 13.7. The highest BCUT2D eigenvalue weighted by Crippen LogP contribution is 2.52. The molecule has 0 fully saturated rings. The lowest BCUT2D eigenvalue weighted by Gasteiger charge is -2.29. The Balaban J connectivity index is 1.04. The Morgan fingerprint density at radius 1 is 0.361 bits per heavy atom. The standard InChI is InChI=1S/C59H41NO/c1-59(2)54-26-9-7-20-48(54)50-23-12-22-46(56(50)59)40-30-33-44(34-31-40)60(45-18-11-17-42(37-45)43-29-28-38-14-3-4-16-41(38)36-43)55-27-10-8-21-49(55)51-24-13-25-52-53-35-32-39-15-5-6-19-47(39)57(53)61-58(51)52/h3-37H,1-2H3. The van der Waals surface area contributed by atoms with Crippen LogP contribution >= 0.6 is 0 Å². The van der Waals surface area contributed by atoms with E-state index in [2.05, 4.69) is 231 Å². The fourth-order valence-corrected chi connectivity index (χ4v) is 10.1. The summed E-state index contributed by atoms with van der Waals surface area (Å²) in [6, 6.07) is 77.3. The van der Waals surface area contributed by atoms with Crippen molar-refractivity contribution in [1.29, 1.82) is 0 Å². The van der Waals surface area contributed by atoms with Crippen molar-refractivity contribution in [1.82, 2.24) is 0 Å². The SMILES string of the molecule is CC1(C)c2ccccc2-c2cccc(-c3ccc(N(c4cccc(-c5ccc6ccccc6c5)c4)c4ccccc4-c4cccc5c4oc4c6ccccc6ccc54)cc3)c21. The molecular weight excluding hydrogens is 739 g/mol. The van der Waals surface area contributed by atoms with Crippen LogP contribution < -0.4 is 4.90 Å². The molecule has 0 unspecified atom stereocenters. The molecule has 12 rings (SSSR count). The van der Waals surface area contributed by atoms with Crippen LogP contribution in [0.4, 0.5) is 17.1 Å². The average Bonchev–Trinajstić information content (AvgIpc) is 3.82. The largest absolute Gasteiger partial charge is 0.455 e. The van der Waals surface area contributed by atoms with E-state index in [1.54, 1.807) is 0 Å². The molecule has 0 saturated heterocycles. The Morgan fingerprint density at radius 3 is 1.85 bits per heavy atom. The van der Waals surface area contributed by atoms with Gasteiger partial charge in [0.05, 0.1) is 5.69 Å². The molecule has 0 atom stereocenters. The lowest BCUT2D eigenvalue weighted by molar-refractivity contribution is 0.662. The molecule has 10 aromatic carbocycles. The number of furan rings is 1. The van der Waals surface area contributed by atoms with E-state index in [9.17, 15) is 0 Å². The number of rotatable bonds is 6. The van der Waals surface area contributed by atoms with E-state index >= 15 is 0 Å². The molecule has 0 aliphatic heterocycles. The zero-order valence-electron chi connectivity index (χ0n) is 34.1. The summed E-state index contributed by atoms with van der Waals surface area (Å²) in [7, 11) is 0. The van der Waals surface area contributed by atoms with E-state index in [0.29, 0.717) is 0 Å². The molecule has 2 nitrogen and oxygen atoms in total. The fraction of sp³-hybridized carbons (Fsp3) is 0.0508. The van der Waals surface area contributed by atoms with Crippen LogP contribution in [0.5, 0.6) is 0 Å². The Hall–Kier alpha value is -7.68. The van der Waals surface area contributed by atoms with Crippen LogP contribution in [0.2, 0.25) is 0 Å². The van der Waals surface area contributed by atoms with E-state index < -0.39 is 0 Å². The Labute approximate surface area is 355 Å². The van der Waals surface area contributed by atoms with Crippen molar-refractivity contribution in [2.45, 2.75) is 19.3 Å². The van der Waals surface area contributed by atoms with Gasteiger partial charge in [-0.2, -0.15) is 0 Å². The molecule has 11 aromatic rings. The number of hydrogen-bond donors (Lipinski definition) is 0. The molecule has 288 valence electrons. The highest BCUT2D eigenvalue weighted by Gasteiger charge is 2.37. The summed E-state index contributed by atoms with van der Waals surface area (Å²) in [5.74, 6) is 0. The summed E-state index contributed by atoms with van der Waals surface area (Å²) < 4.78 is 6.93. The molecule has 2 heteroatoms. The van der Waals surface area contributed by atoms with Gasteiger partial charge in [0.2, 0.25) is 0 Å². The Morgan fingerprint density at radius 2 is 0.967 bits per heavy atom. The monoisotopic (exact) mass is 779 g/mol. The maximum atomic E-state index is 6.93. The lowest BCUT2D eigenvalue weighted by Crippen LogP contribution is -2.16. The first-order valence-corrected chi connectivity index (χ1v) is 21.2. The summed E-state index contributed by atoms with van der Waals surface area (Å²) in [5, 5.41) is 7.00. The molecule has 0 bridgehead atoms. The normalized spacial score (nSPS) is 12.9. The quantitative estimate of drug-likeness (QED) is 0.167. The van der Waals surface area contributed by atoms with Gasteiger partial charge in [0.1, 0.15) is 11.2 Å². The molecule has 1 aliphatic rings. The molecule has 1 heterocycles. The van der Waals surface area contributed by atoms with Gasteiger partial charge in [-0.1, -0.05) is 184 Å². The molecular formula is C59H41NO. The number of fused-ring (bicyclic) bond motifs is 9. The van der Waals surface area contributed by atoms with Crippen molar-refractivity contribution < 1.29 is 4.42 Å². The minimum atomic E-state index is -0.112. The van der Waals surface area contributed by atoms with E-state index in [1.165, 1.54) is 55.1 Å². The number of benzene rings is 10. The Kier molecular flexibility index (Phi) is 7.92. The second-order valence-electron chi connectivity index (χ2n) is 16.9. The van der Waals surface area contributed by atoms with E-state index in [-0.39, 0.29) is 5.41 Å². The van der Waals surface area contributed by atoms with Crippen LogP contribution in [0.25, 0.3) is 88.0 Å². The lowest BCUT2D eigenvalue weighted by atomic mass is 9.79. The van der Waals surface area contributed by atoms with Crippen LogP contribution in [-0.2, 0) is 5.41 Å². The maximum Gasteiger partial charge on any atom is 0.143 e. The van der Waals surface area contributed by atoms with Crippen LogP contribution in [0.3, 0.4) is 0 Å². The predicted octanol–water partition coefficient (Wildman–Crippen LogP) is 16.7. The van der Waals surface area contributed by atoms with Crippen molar-refractivity contribution in [3.8, 4) is 44.5 Å². The Bertz CT molecular complexity index is 3520. The van der Waals surface area contributed by atoms with Gasteiger partial charge in [-0.15, -0.1) is 0 Å². The molecule has 0 amide bonds. The second-order valence-corrected chi connectivity index (χ2v) is 16.9. The summed E-state index contributed by atoms with van der Waals surface area (Å²) in [4.78, 5) is 2.41. The third-order valence-electron chi connectivity index (χ3n) is 13.0. The van der Waals surface area contributed by atoms with Gasteiger partial charge in [0, 0.05) is 44.1 Å². The zero-order valence-corrected chi connectivity index (χ0v) is 34.1. The third-order valence-corrected chi connectivity index (χ3v) is 13.0. The van der Waals surface area contributed by atoms with Crippen molar-refractivity contribution in [3.63, 3.8) is 0 Å². The highest BCUT2D eigenvalue weighted by molar-refractivity contribution is 6.17. The number of nitrogens with zero attached hydrogens (tertiary/aromatic N) is 1.